The van der Waals surface area contributed by atoms with Crippen molar-refractivity contribution in [3.8, 4) is 39.2 Å². The Hall–Kier alpha value is -3.13. The van der Waals surface area contributed by atoms with Crippen molar-refractivity contribution >= 4 is 22.6 Å². The average Bonchev–Trinajstić information content (AvgIpc) is 3.33. The number of H-pyrrole nitrogens is 1. The second-order valence-electron chi connectivity index (χ2n) is 5.47. The highest BCUT2D eigenvalue weighted by atomic mass is 32.1. The third-order valence-corrected chi connectivity index (χ3v) is 4.76. The zero-order valence-electron chi connectivity index (χ0n) is 14.4. The fourth-order valence-corrected chi connectivity index (χ4v) is 3.45. The van der Waals surface area contributed by atoms with Crippen LogP contribution in [0.15, 0.2) is 36.4 Å². The van der Waals surface area contributed by atoms with Crippen LogP contribution in [0.5, 0.6) is 17.2 Å². The van der Waals surface area contributed by atoms with Crippen LogP contribution in [0.2, 0.25) is 0 Å². The van der Waals surface area contributed by atoms with Crippen LogP contribution < -0.4 is 14.2 Å². The Morgan fingerprint density at radius 3 is 2.35 bits per heavy atom. The number of para-hydroxylation sites is 2. The number of hydrogen-bond donors (Lipinski definition) is 1. The van der Waals surface area contributed by atoms with Crippen molar-refractivity contribution in [2.24, 2.45) is 0 Å². The molecule has 0 saturated heterocycles. The van der Waals surface area contributed by atoms with Gasteiger partial charge in [0.05, 0.1) is 32.4 Å². The average molecular weight is 368 g/mol. The second kappa shape index (κ2) is 6.64. The number of imidazole rings is 1. The van der Waals surface area contributed by atoms with Crippen molar-refractivity contribution < 1.29 is 14.2 Å². The molecule has 0 spiro atoms. The Balaban J connectivity index is 1.87. The van der Waals surface area contributed by atoms with Gasteiger partial charge in [-0.2, -0.15) is 0 Å². The fraction of sp³-hybridized carbons (Fsp3) is 0.167. The predicted molar refractivity (Wildman–Crippen MR) is 100 cm³/mol. The van der Waals surface area contributed by atoms with Crippen LogP contribution in [0.1, 0.15) is 0 Å². The molecule has 7 nitrogen and oxygen atoms in total. The Labute approximate surface area is 153 Å². The first kappa shape index (κ1) is 16.3. The maximum atomic E-state index is 5.44. The molecule has 0 saturated carbocycles. The molecular weight excluding hydrogens is 352 g/mol. The SMILES string of the molecule is COc1cc(-c2nnsc2-c2nc3ccccc3[nH]2)cc(OC)c1OC. The number of rotatable bonds is 5. The van der Waals surface area contributed by atoms with Gasteiger partial charge < -0.3 is 19.2 Å². The summed E-state index contributed by atoms with van der Waals surface area (Å²) in [6, 6.07) is 11.6. The van der Waals surface area contributed by atoms with Gasteiger partial charge in [0.15, 0.2) is 17.3 Å². The molecule has 0 fully saturated rings. The summed E-state index contributed by atoms with van der Waals surface area (Å²) in [6.45, 7) is 0. The maximum absolute atomic E-state index is 5.44. The van der Waals surface area contributed by atoms with Crippen LogP contribution in [-0.4, -0.2) is 40.9 Å². The number of fused-ring (bicyclic) bond motifs is 1. The van der Waals surface area contributed by atoms with Gasteiger partial charge in [-0.05, 0) is 35.8 Å². The van der Waals surface area contributed by atoms with Gasteiger partial charge in [0.2, 0.25) is 5.75 Å². The van der Waals surface area contributed by atoms with Gasteiger partial charge in [-0.15, -0.1) is 5.10 Å². The van der Waals surface area contributed by atoms with E-state index in [4.69, 9.17) is 14.2 Å². The molecule has 0 amide bonds. The highest BCUT2D eigenvalue weighted by Crippen LogP contribution is 2.43. The monoisotopic (exact) mass is 368 g/mol. The third kappa shape index (κ3) is 2.64. The van der Waals surface area contributed by atoms with E-state index in [2.05, 4.69) is 19.6 Å². The number of nitrogens with one attached hydrogen (secondary N) is 1. The minimum absolute atomic E-state index is 0.534. The molecule has 4 aromatic rings. The lowest BCUT2D eigenvalue weighted by Gasteiger charge is -2.13. The first-order valence-electron chi connectivity index (χ1n) is 7.83. The van der Waals surface area contributed by atoms with E-state index in [1.807, 2.05) is 36.4 Å². The minimum atomic E-state index is 0.534. The number of aromatic nitrogens is 4. The summed E-state index contributed by atoms with van der Waals surface area (Å²) in [4.78, 5) is 8.81. The first-order valence-corrected chi connectivity index (χ1v) is 8.60. The van der Waals surface area contributed by atoms with E-state index in [9.17, 15) is 0 Å². The molecule has 132 valence electrons. The number of nitrogens with zero attached hydrogens (tertiary/aromatic N) is 3. The summed E-state index contributed by atoms with van der Waals surface area (Å²) < 4.78 is 20.4. The van der Waals surface area contributed by atoms with Gasteiger partial charge >= 0.3 is 0 Å². The predicted octanol–water partition coefficient (Wildman–Crippen LogP) is 3.77. The lowest BCUT2D eigenvalue weighted by atomic mass is 10.1. The van der Waals surface area contributed by atoms with Crippen LogP contribution in [0.4, 0.5) is 0 Å². The smallest absolute Gasteiger partial charge is 0.203 e. The zero-order chi connectivity index (χ0) is 18.1. The molecule has 0 radical (unpaired) electrons. The van der Waals surface area contributed by atoms with Gasteiger partial charge in [0.25, 0.3) is 0 Å². The molecular formula is C18H16N4O3S. The summed E-state index contributed by atoms with van der Waals surface area (Å²) >= 11 is 1.28. The Kier molecular flexibility index (Phi) is 4.18. The number of hydrogen-bond acceptors (Lipinski definition) is 7. The van der Waals surface area contributed by atoms with Crippen LogP contribution in [0.3, 0.4) is 0 Å². The first-order chi connectivity index (χ1) is 12.7. The van der Waals surface area contributed by atoms with Crippen LogP contribution in [0.25, 0.3) is 33.0 Å². The molecule has 1 N–H and O–H groups in total. The van der Waals surface area contributed by atoms with Crippen LogP contribution in [-0.2, 0) is 0 Å². The zero-order valence-corrected chi connectivity index (χ0v) is 15.3. The van der Waals surface area contributed by atoms with Crippen molar-refractivity contribution in [3.63, 3.8) is 0 Å². The van der Waals surface area contributed by atoms with E-state index in [0.29, 0.717) is 22.9 Å². The molecule has 0 aliphatic carbocycles. The molecule has 8 heteroatoms. The fourth-order valence-electron chi connectivity index (χ4n) is 2.81. The summed E-state index contributed by atoms with van der Waals surface area (Å²) in [5, 5.41) is 4.30. The highest BCUT2D eigenvalue weighted by Gasteiger charge is 2.20. The van der Waals surface area contributed by atoms with Gasteiger partial charge in [0, 0.05) is 5.56 Å². The second-order valence-corrected chi connectivity index (χ2v) is 6.22. The lowest BCUT2D eigenvalue weighted by Crippen LogP contribution is -1.96. The highest BCUT2D eigenvalue weighted by molar-refractivity contribution is 7.09. The van der Waals surface area contributed by atoms with E-state index in [1.165, 1.54) is 11.5 Å². The van der Waals surface area contributed by atoms with Gasteiger partial charge in [-0.1, -0.05) is 16.6 Å². The Morgan fingerprint density at radius 1 is 0.962 bits per heavy atom. The van der Waals surface area contributed by atoms with Gasteiger partial charge in [0.1, 0.15) is 10.6 Å². The van der Waals surface area contributed by atoms with Gasteiger partial charge in [-0.3, -0.25) is 0 Å². The van der Waals surface area contributed by atoms with E-state index >= 15 is 0 Å². The van der Waals surface area contributed by atoms with Crippen LogP contribution >= 0.6 is 11.5 Å². The standard InChI is InChI=1S/C18H16N4O3S/c1-23-13-8-10(9-14(24-2)16(13)25-3)15-17(26-22-21-15)18-19-11-6-4-5-7-12(11)20-18/h4-9H,1-3H3,(H,19,20). The molecule has 2 aromatic carbocycles. The molecule has 26 heavy (non-hydrogen) atoms. The quantitative estimate of drug-likeness (QED) is 0.577. The Bertz CT molecular complexity index is 1020. The lowest BCUT2D eigenvalue weighted by molar-refractivity contribution is 0.324. The molecule has 0 aliphatic heterocycles. The summed E-state index contributed by atoms with van der Waals surface area (Å²) in [5.41, 5.74) is 3.37. The van der Waals surface area contributed by atoms with E-state index in [-0.39, 0.29) is 0 Å². The van der Waals surface area contributed by atoms with Crippen molar-refractivity contribution in [1.82, 2.24) is 19.6 Å². The largest absolute Gasteiger partial charge is 0.493 e. The van der Waals surface area contributed by atoms with Gasteiger partial charge in [-0.25, -0.2) is 4.98 Å². The topological polar surface area (TPSA) is 82.2 Å². The number of aromatic amines is 1. The number of methoxy groups -OCH3 is 3. The minimum Gasteiger partial charge on any atom is -0.493 e. The molecule has 2 heterocycles. The summed E-state index contributed by atoms with van der Waals surface area (Å²) in [6.07, 6.45) is 0. The van der Waals surface area contributed by atoms with E-state index < -0.39 is 0 Å². The van der Waals surface area contributed by atoms with Crippen LogP contribution in [0, 0.1) is 0 Å². The molecule has 0 aliphatic rings. The van der Waals surface area contributed by atoms with Crippen molar-refractivity contribution in [1.29, 1.82) is 0 Å². The summed E-state index contributed by atoms with van der Waals surface area (Å²) in [5.74, 6) is 2.38. The molecule has 0 unspecified atom stereocenters. The molecule has 0 atom stereocenters. The van der Waals surface area contributed by atoms with Crippen molar-refractivity contribution in [2.75, 3.05) is 21.3 Å². The number of ether oxygens (including phenoxy) is 3. The van der Waals surface area contributed by atoms with E-state index in [0.717, 1.165) is 27.3 Å². The molecule has 2 aromatic heterocycles. The molecule has 4 rings (SSSR count). The van der Waals surface area contributed by atoms with E-state index in [1.54, 1.807) is 21.3 Å². The Morgan fingerprint density at radius 2 is 1.69 bits per heavy atom. The maximum Gasteiger partial charge on any atom is 0.203 e. The normalized spacial score (nSPS) is 10.9. The third-order valence-electron chi connectivity index (χ3n) is 4.03. The number of benzene rings is 2. The molecule has 0 bridgehead atoms. The van der Waals surface area contributed by atoms with Crippen molar-refractivity contribution in [3.05, 3.63) is 36.4 Å². The van der Waals surface area contributed by atoms with Crippen molar-refractivity contribution in [2.45, 2.75) is 0 Å². The summed E-state index contributed by atoms with van der Waals surface area (Å²) in [7, 11) is 4.74.